The van der Waals surface area contributed by atoms with Gasteiger partial charge in [0, 0.05) is 23.0 Å². The van der Waals surface area contributed by atoms with Gasteiger partial charge in [-0.1, -0.05) is 28.1 Å². The number of likely N-dealkylation sites (tertiary alicyclic amines) is 1. The van der Waals surface area contributed by atoms with Crippen LogP contribution in [-0.4, -0.2) is 23.4 Å². The molecule has 2 aliphatic rings. The van der Waals surface area contributed by atoms with Crippen LogP contribution in [0.4, 0.5) is 0 Å². The molecule has 1 aromatic carbocycles. The molecular formula is C14H16BrNO. The van der Waals surface area contributed by atoms with Gasteiger partial charge in [0.05, 0.1) is 0 Å². The maximum absolute atomic E-state index is 12.0. The van der Waals surface area contributed by atoms with Crippen molar-refractivity contribution in [1.82, 2.24) is 4.90 Å². The predicted molar refractivity (Wildman–Crippen MR) is 70.7 cm³/mol. The molecule has 2 atom stereocenters. The second-order valence-corrected chi connectivity index (χ2v) is 5.99. The van der Waals surface area contributed by atoms with Gasteiger partial charge in [-0.2, -0.15) is 0 Å². The van der Waals surface area contributed by atoms with Crippen LogP contribution in [0, 0.1) is 5.92 Å². The van der Waals surface area contributed by atoms with E-state index in [4.69, 9.17) is 0 Å². The predicted octanol–water partition coefficient (Wildman–Crippen LogP) is 3.00. The fraction of sp³-hybridized carbons (Fsp3) is 0.500. The van der Waals surface area contributed by atoms with Crippen LogP contribution in [0.25, 0.3) is 0 Å². The monoisotopic (exact) mass is 293 g/mol. The molecule has 3 heteroatoms. The summed E-state index contributed by atoms with van der Waals surface area (Å²) in [6.45, 7) is 0.885. The van der Waals surface area contributed by atoms with E-state index in [1.54, 1.807) is 0 Å². The number of benzene rings is 1. The van der Waals surface area contributed by atoms with Crippen molar-refractivity contribution >= 4 is 21.8 Å². The molecule has 0 radical (unpaired) electrons. The zero-order valence-corrected chi connectivity index (χ0v) is 11.3. The van der Waals surface area contributed by atoms with Crippen LogP contribution in [0.2, 0.25) is 0 Å². The number of carbonyl (C=O) groups is 1. The molecule has 2 bridgehead atoms. The minimum atomic E-state index is 0.350. The second kappa shape index (κ2) is 4.45. The van der Waals surface area contributed by atoms with E-state index in [9.17, 15) is 4.79 Å². The van der Waals surface area contributed by atoms with Gasteiger partial charge in [-0.3, -0.25) is 4.79 Å². The third kappa shape index (κ3) is 2.13. The normalized spacial score (nSPS) is 26.9. The zero-order valence-electron chi connectivity index (χ0n) is 9.73. The molecule has 0 aromatic heterocycles. The van der Waals surface area contributed by atoms with Gasteiger partial charge in [0.15, 0.2) is 0 Å². The molecule has 90 valence electrons. The van der Waals surface area contributed by atoms with Crippen molar-refractivity contribution in [3.05, 3.63) is 34.3 Å². The average molecular weight is 294 g/mol. The number of halogens is 1. The summed E-state index contributed by atoms with van der Waals surface area (Å²) in [7, 11) is 0. The maximum Gasteiger partial charge on any atom is 0.226 e. The highest BCUT2D eigenvalue weighted by Crippen LogP contribution is 2.38. The van der Waals surface area contributed by atoms with Crippen LogP contribution in [0.1, 0.15) is 24.8 Å². The highest BCUT2D eigenvalue weighted by atomic mass is 79.9. The number of hydrogen-bond acceptors (Lipinski definition) is 1. The number of piperidine rings is 1. The van der Waals surface area contributed by atoms with Gasteiger partial charge in [-0.25, -0.2) is 0 Å². The Morgan fingerprint density at radius 1 is 1.35 bits per heavy atom. The molecule has 1 amide bonds. The van der Waals surface area contributed by atoms with Crippen molar-refractivity contribution in [2.45, 2.75) is 31.7 Å². The van der Waals surface area contributed by atoms with Crippen LogP contribution < -0.4 is 0 Å². The molecule has 2 nitrogen and oxygen atoms in total. The van der Waals surface area contributed by atoms with E-state index in [2.05, 4.69) is 39.0 Å². The molecule has 1 aromatic rings. The molecule has 0 spiro atoms. The van der Waals surface area contributed by atoms with E-state index in [-0.39, 0.29) is 0 Å². The Labute approximate surface area is 110 Å². The van der Waals surface area contributed by atoms with Gasteiger partial charge >= 0.3 is 0 Å². The highest BCUT2D eigenvalue weighted by molar-refractivity contribution is 9.10. The lowest BCUT2D eigenvalue weighted by atomic mass is 10.1. The van der Waals surface area contributed by atoms with Gasteiger partial charge in [-0.15, -0.1) is 0 Å². The van der Waals surface area contributed by atoms with Gasteiger partial charge in [-0.05, 0) is 43.4 Å². The minimum Gasteiger partial charge on any atom is -0.339 e. The van der Waals surface area contributed by atoms with E-state index >= 15 is 0 Å². The van der Waals surface area contributed by atoms with E-state index < -0.39 is 0 Å². The standard InChI is InChI=1S/C14H16BrNO/c15-12-3-1-2-10(8-12)6-7-16-13-5-4-11(9-13)14(16)17/h1-3,8,11,13H,4-7,9H2. The second-order valence-electron chi connectivity index (χ2n) is 5.08. The van der Waals surface area contributed by atoms with E-state index in [1.807, 2.05) is 6.07 Å². The quantitative estimate of drug-likeness (QED) is 0.839. The lowest BCUT2D eigenvalue weighted by molar-refractivity contribution is -0.134. The Hall–Kier alpha value is -0.830. The molecule has 1 saturated heterocycles. The summed E-state index contributed by atoms with van der Waals surface area (Å²) in [6.07, 6.45) is 4.41. The van der Waals surface area contributed by atoms with Crippen molar-refractivity contribution in [2.75, 3.05) is 6.54 Å². The van der Waals surface area contributed by atoms with Crippen LogP contribution in [0.3, 0.4) is 0 Å². The lowest BCUT2D eigenvalue weighted by Crippen LogP contribution is -2.38. The highest BCUT2D eigenvalue weighted by Gasteiger charge is 2.43. The smallest absolute Gasteiger partial charge is 0.226 e. The Bertz CT molecular complexity index is 446. The fourth-order valence-electron chi connectivity index (χ4n) is 3.11. The minimum absolute atomic E-state index is 0.350. The molecule has 2 unspecified atom stereocenters. The average Bonchev–Trinajstić information content (AvgIpc) is 2.88. The molecule has 3 rings (SSSR count). The Balaban J connectivity index is 1.63. The summed E-state index contributed by atoms with van der Waals surface area (Å²) >= 11 is 3.48. The molecule has 17 heavy (non-hydrogen) atoms. The van der Waals surface area contributed by atoms with E-state index in [0.29, 0.717) is 17.9 Å². The first-order valence-electron chi connectivity index (χ1n) is 6.29. The maximum atomic E-state index is 12.0. The van der Waals surface area contributed by atoms with Crippen LogP contribution >= 0.6 is 15.9 Å². The summed E-state index contributed by atoms with van der Waals surface area (Å²) in [4.78, 5) is 14.1. The van der Waals surface area contributed by atoms with Crippen molar-refractivity contribution in [3.63, 3.8) is 0 Å². The van der Waals surface area contributed by atoms with Crippen molar-refractivity contribution in [1.29, 1.82) is 0 Å². The Kier molecular flexibility index (Phi) is 2.95. The number of hydrogen-bond donors (Lipinski definition) is 0. The summed E-state index contributed by atoms with van der Waals surface area (Å²) < 4.78 is 1.12. The van der Waals surface area contributed by atoms with E-state index in [1.165, 1.54) is 12.0 Å². The molecule has 0 N–H and O–H groups in total. The first-order valence-corrected chi connectivity index (χ1v) is 7.08. The van der Waals surface area contributed by atoms with Crippen LogP contribution in [-0.2, 0) is 11.2 Å². The van der Waals surface area contributed by atoms with Crippen molar-refractivity contribution in [2.24, 2.45) is 5.92 Å². The van der Waals surface area contributed by atoms with Crippen molar-refractivity contribution in [3.8, 4) is 0 Å². The van der Waals surface area contributed by atoms with Gasteiger partial charge in [0.2, 0.25) is 5.91 Å². The molecule has 2 fully saturated rings. The summed E-state index contributed by atoms with van der Waals surface area (Å²) in [5.41, 5.74) is 1.30. The summed E-state index contributed by atoms with van der Waals surface area (Å²) in [5, 5.41) is 0. The lowest BCUT2D eigenvalue weighted by Gasteiger charge is -2.27. The number of carbonyl (C=O) groups excluding carboxylic acids is 1. The van der Waals surface area contributed by atoms with Gasteiger partial charge in [0.25, 0.3) is 0 Å². The van der Waals surface area contributed by atoms with E-state index in [0.717, 1.165) is 30.3 Å². The number of rotatable bonds is 3. The fourth-order valence-corrected chi connectivity index (χ4v) is 3.56. The third-order valence-corrected chi connectivity index (χ3v) is 4.50. The molecule has 1 saturated carbocycles. The molecule has 1 aliphatic heterocycles. The van der Waals surface area contributed by atoms with Gasteiger partial charge in [0.1, 0.15) is 0 Å². The number of nitrogens with zero attached hydrogens (tertiary/aromatic N) is 1. The topological polar surface area (TPSA) is 20.3 Å². The first kappa shape index (κ1) is 11.3. The van der Waals surface area contributed by atoms with Crippen molar-refractivity contribution < 1.29 is 4.79 Å². The largest absolute Gasteiger partial charge is 0.339 e. The summed E-state index contributed by atoms with van der Waals surface area (Å²) in [6, 6.07) is 8.89. The zero-order chi connectivity index (χ0) is 11.8. The van der Waals surface area contributed by atoms with Gasteiger partial charge < -0.3 is 4.90 Å². The molecular weight excluding hydrogens is 278 g/mol. The molecule has 1 heterocycles. The first-order chi connectivity index (χ1) is 8.24. The number of amides is 1. The Morgan fingerprint density at radius 3 is 2.94 bits per heavy atom. The third-order valence-electron chi connectivity index (χ3n) is 4.01. The SMILES string of the molecule is O=C1C2CCC(C2)N1CCc1cccc(Br)c1. The number of fused-ring (bicyclic) bond motifs is 2. The molecule has 1 aliphatic carbocycles. The van der Waals surface area contributed by atoms with Crippen LogP contribution in [0.5, 0.6) is 0 Å². The van der Waals surface area contributed by atoms with Crippen LogP contribution in [0.15, 0.2) is 28.7 Å². The Morgan fingerprint density at radius 2 is 2.24 bits per heavy atom. The summed E-state index contributed by atoms with van der Waals surface area (Å²) in [5.74, 6) is 0.749.